The van der Waals surface area contributed by atoms with E-state index in [1.807, 2.05) is 0 Å². The van der Waals surface area contributed by atoms with Gasteiger partial charge in [0.1, 0.15) is 11.4 Å². The summed E-state index contributed by atoms with van der Waals surface area (Å²) < 4.78 is 50.5. The number of hydrogen-bond donors (Lipinski definition) is 2. The van der Waals surface area contributed by atoms with E-state index in [1.54, 1.807) is 0 Å². The van der Waals surface area contributed by atoms with Crippen LogP contribution in [0.2, 0.25) is 5.02 Å². The van der Waals surface area contributed by atoms with E-state index in [1.165, 1.54) is 31.4 Å². The number of hydrogen-bond acceptors (Lipinski definition) is 5. The summed E-state index contributed by atoms with van der Waals surface area (Å²) in [7, 11) is 1.35. The Balaban J connectivity index is 1.98. The smallest absolute Gasteiger partial charge is 0.416 e. The zero-order chi connectivity index (χ0) is 23.5. The van der Waals surface area contributed by atoms with Gasteiger partial charge in [0.15, 0.2) is 11.5 Å². The number of methoxy groups -OCH3 is 1. The molecule has 0 aliphatic heterocycles. The van der Waals surface area contributed by atoms with Gasteiger partial charge in [-0.05, 0) is 42.5 Å². The molecule has 2 N–H and O–H groups in total. The van der Waals surface area contributed by atoms with Gasteiger partial charge in [-0.25, -0.2) is 9.78 Å². The highest BCUT2D eigenvalue weighted by Gasteiger charge is 2.32. The highest BCUT2D eigenvalue weighted by molar-refractivity contribution is 6.30. The molecule has 1 heterocycles. The minimum Gasteiger partial charge on any atom is -0.493 e. The SMILES string of the molecule is COc1cc(Cl)ccc1Oc1ccc(C(F)(F)F)cc1C(=O)Nc1ccc(C(=O)O)nc1. The van der Waals surface area contributed by atoms with Crippen molar-refractivity contribution in [1.29, 1.82) is 0 Å². The van der Waals surface area contributed by atoms with Crippen LogP contribution in [-0.4, -0.2) is 29.1 Å². The Labute approximate surface area is 184 Å². The lowest BCUT2D eigenvalue weighted by atomic mass is 10.1. The van der Waals surface area contributed by atoms with Crippen LogP contribution in [0.3, 0.4) is 0 Å². The van der Waals surface area contributed by atoms with E-state index in [9.17, 15) is 22.8 Å². The number of halogens is 4. The maximum Gasteiger partial charge on any atom is 0.416 e. The second-order valence-corrected chi connectivity index (χ2v) is 6.73. The van der Waals surface area contributed by atoms with E-state index in [0.717, 1.165) is 24.4 Å². The van der Waals surface area contributed by atoms with Crippen molar-refractivity contribution in [2.45, 2.75) is 6.18 Å². The predicted octanol–water partition coefficient (Wildman–Crippen LogP) is 5.51. The van der Waals surface area contributed by atoms with Gasteiger partial charge in [0.05, 0.1) is 30.1 Å². The molecule has 7 nitrogen and oxygen atoms in total. The topological polar surface area (TPSA) is 97.8 Å². The number of nitrogens with zero attached hydrogens (tertiary/aromatic N) is 1. The maximum atomic E-state index is 13.2. The fourth-order valence-corrected chi connectivity index (χ4v) is 2.77. The van der Waals surface area contributed by atoms with Crippen molar-refractivity contribution in [3.63, 3.8) is 0 Å². The third-order valence-electron chi connectivity index (χ3n) is 4.14. The van der Waals surface area contributed by atoms with Crippen molar-refractivity contribution in [2.75, 3.05) is 12.4 Å². The first kappa shape index (κ1) is 22.9. The molecule has 0 atom stereocenters. The Morgan fingerprint density at radius 1 is 1.03 bits per heavy atom. The molecule has 166 valence electrons. The van der Waals surface area contributed by atoms with Crippen molar-refractivity contribution >= 4 is 29.2 Å². The molecule has 0 fully saturated rings. The Kier molecular flexibility index (Phi) is 6.54. The lowest BCUT2D eigenvalue weighted by molar-refractivity contribution is -0.137. The highest BCUT2D eigenvalue weighted by Crippen LogP contribution is 2.38. The van der Waals surface area contributed by atoms with E-state index in [0.29, 0.717) is 11.1 Å². The molecule has 2 aromatic carbocycles. The lowest BCUT2D eigenvalue weighted by Crippen LogP contribution is -2.15. The summed E-state index contributed by atoms with van der Waals surface area (Å²) in [5.74, 6) is -2.04. The summed E-state index contributed by atoms with van der Waals surface area (Å²) >= 11 is 5.90. The molecular formula is C21H14ClF3N2O5. The second-order valence-electron chi connectivity index (χ2n) is 6.30. The van der Waals surface area contributed by atoms with Gasteiger partial charge in [0, 0.05) is 11.1 Å². The summed E-state index contributed by atoms with van der Waals surface area (Å²) in [5.41, 5.74) is -1.66. The Bertz CT molecular complexity index is 1170. The van der Waals surface area contributed by atoms with Crippen molar-refractivity contribution in [3.05, 3.63) is 76.6 Å². The van der Waals surface area contributed by atoms with Gasteiger partial charge < -0.3 is 19.9 Å². The molecule has 0 spiro atoms. The molecule has 1 aromatic heterocycles. The second kappa shape index (κ2) is 9.15. The van der Waals surface area contributed by atoms with E-state index in [4.69, 9.17) is 26.2 Å². The predicted molar refractivity (Wildman–Crippen MR) is 109 cm³/mol. The Morgan fingerprint density at radius 2 is 1.75 bits per heavy atom. The largest absolute Gasteiger partial charge is 0.493 e. The lowest BCUT2D eigenvalue weighted by Gasteiger charge is -2.16. The number of anilines is 1. The molecule has 0 saturated carbocycles. The standard InChI is InChI=1S/C21H14ClF3N2O5/c1-31-18-9-12(22)3-7-17(18)32-16-6-2-11(21(23,24)25)8-14(16)19(28)27-13-4-5-15(20(29)30)26-10-13/h2-10H,1H3,(H,27,28)(H,29,30). The summed E-state index contributed by atoms with van der Waals surface area (Å²) in [5, 5.41) is 11.6. The van der Waals surface area contributed by atoms with Crippen LogP contribution in [0.5, 0.6) is 17.2 Å². The fraction of sp³-hybridized carbons (Fsp3) is 0.0952. The van der Waals surface area contributed by atoms with E-state index in [-0.39, 0.29) is 28.6 Å². The maximum absolute atomic E-state index is 13.2. The van der Waals surface area contributed by atoms with Gasteiger partial charge in [0.25, 0.3) is 5.91 Å². The molecule has 0 unspecified atom stereocenters. The summed E-state index contributed by atoms with van der Waals surface area (Å²) in [6, 6.07) is 9.19. The number of carbonyl (C=O) groups excluding carboxylic acids is 1. The molecule has 32 heavy (non-hydrogen) atoms. The first-order chi connectivity index (χ1) is 15.1. The van der Waals surface area contributed by atoms with Crippen LogP contribution >= 0.6 is 11.6 Å². The van der Waals surface area contributed by atoms with Crippen LogP contribution in [0.25, 0.3) is 0 Å². The number of amides is 1. The van der Waals surface area contributed by atoms with Crippen LogP contribution < -0.4 is 14.8 Å². The molecule has 3 rings (SSSR count). The third-order valence-corrected chi connectivity index (χ3v) is 4.37. The number of pyridine rings is 1. The number of carbonyl (C=O) groups is 2. The molecule has 1 amide bonds. The number of alkyl halides is 3. The molecule has 0 aliphatic rings. The monoisotopic (exact) mass is 466 g/mol. The molecule has 0 saturated heterocycles. The molecule has 11 heteroatoms. The molecular weight excluding hydrogens is 453 g/mol. The average Bonchev–Trinajstić information content (AvgIpc) is 2.74. The van der Waals surface area contributed by atoms with Crippen molar-refractivity contribution in [2.24, 2.45) is 0 Å². The van der Waals surface area contributed by atoms with E-state index < -0.39 is 29.2 Å². The van der Waals surface area contributed by atoms with Crippen LogP contribution in [0, 0.1) is 0 Å². The van der Waals surface area contributed by atoms with Gasteiger partial charge in [0.2, 0.25) is 0 Å². The number of aromatic carboxylic acids is 1. The first-order valence-corrected chi connectivity index (χ1v) is 9.19. The summed E-state index contributed by atoms with van der Waals surface area (Å²) in [6.07, 6.45) is -3.63. The van der Waals surface area contributed by atoms with Gasteiger partial charge >= 0.3 is 12.1 Å². The van der Waals surface area contributed by atoms with E-state index >= 15 is 0 Å². The zero-order valence-corrected chi connectivity index (χ0v) is 17.0. The number of ether oxygens (including phenoxy) is 2. The molecule has 0 bridgehead atoms. The molecule has 3 aromatic rings. The number of carboxylic acid groups (broad SMARTS) is 1. The Morgan fingerprint density at radius 3 is 2.34 bits per heavy atom. The molecule has 0 aliphatic carbocycles. The minimum atomic E-state index is -4.70. The summed E-state index contributed by atoms with van der Waals surface area (Å²) in [4.78, 5) is 27.3. The van der Waals surface area contributed by atoms with Crippen LogP contribution in [-0.2, 0) is 6.18 Å². The summed E-state index contributed by atoms with van der Waals surface area (Å²) in [6.45, 7) is 0. The fourth-order valence-electron chi connectivity index (χ4n) is 2.61. The van der Waals surface area contributed by atoms with Crippen molar-refractivity contribution in [3.8, 4) is 17.2 Å². The number of benzene rings is 2. The van der Waals surface area contributed by atoms with E-state index in [2.05, 4.69) is 10.3 Å². The number of rotatable bonds is 6. The number of carboxylic acids is 1. The quantitative estimate of drug-likeness (QED) is 0.497. The minimum absolute atomic E-state index is 0.0763. The third kappa shape index (κ3) is 5.27. The average molecular weight is 467 g/mol. The van der Waals surface area contributed by atoms with Gasteiger partial charge in [-0.3, -0.25) is 4.79 Å². The van der Waals surface area contributed by atoms with Crippen LogP contribution in [0.15, 0.2) is 54.7 Å². The normalized spacial score (nSPS) is 11.0. The van der Waals surface area contributed by atoms with Gasteiger partial charge in [-0.1, -0.05) is 11.6 Å². The Hall–Kier alpha value is -3.79. The molecule has 0 radical (unpaired) electrons. The first-order valence-electron chi connectivity index (χ1n) is 8.82. The van der Waals surface area contributed by atoms with Crippen LogP contribution in [0.4, 0.5) is 18.9 Å². The van der Waals surface area contributed by atoms with Gasteiger partial charge in [-0.2, -0.15) is 13.2 Å². The van der Waals surface area contributed by atoms with Crippen molar-refractivity contribution in [1.82, 2.24) is 4.98 Å². The number of nitrogens with one attached hydrogen (secondary N) is 1. The van der Waals surface area contributed by atoms with Gasteiger partial charge in [-0.15, -0.1) is 0 Å². The zero-order valence-electron chi connectivity index (χ0n) is 16.2. The van der Waals surface area contributed by atoms with Crippen LogP contribution in [0.1, 0.15) is 26.4 Å². The van der Waals surface area contributed by atoms with Crippen molar-refractivity contribution < 1.29 is 37.3 Å². The highest BCUT2D eigenvalue weighted by atomic mass is 35.5. The number of aromatic nitrogens is 1.